The predicted octanol–water partition coefficient (Wildman–Crippen LogP) is -0.194. The second-order valence-corrected chi connectivity index (χ2v) is 2.16. The van der Waals surface area contributed by atoms with Gasteiger partial charge in [0, 0.05) is 5.92 Å². The summed E-state index contributed by atoms with van der Waals surface area (Å²) in [7, 11) is 0. The lowest BCUT2D eigenvalue weighted by molar-refractivity contribution is 0.678. The Hall–Kier alpha value is -0.340. The minimum atomic E-state index is -0.401. The van der Waals surface area contributed by atoms with Crippen LogP contribution in [-0.2, 0) is 0 Å². The summed E-state index contributed by atoms with van der Waals surface area (Å²) < 4.78 is 0. The van der Waals surface area contributed by atoms with E-state index < -0.39 is 5.66 Å². The van der Waals surface area contributed by atoms with Gasteiger partial charge in [-0.1, -0.05) is 6.08 Å². The van der Waals surface area contributed by atoms with E-state index >= 15 is 0 Å². The third kappa shape index (κ3) is 0.667. The van der Waals surface area contributed by atoms with E-state index in [9.17, 15) is 0 Å². The Bertz CT molecular complexity index is 96.3. The van der Waals surface area contributed by atoms with Crippen molar-refractivity contribution in [1.29, 1.82) is 0 Å². The summed E-state index contributed by atoms with van der Waals surface area (Å²) in [6.45, 7) is 3.56. The van der Waals surface area contributed by atoms with Gasteiger partial charge < -0.3 is 11.5 Å². The molecule has 1 fully saturated rings. The van der Waals surface area contributed by atoms with Crippen LogP contribution in [0.5, 0.6) is 0 Å². The molecule has 4 N–H and O–H groups in total. The summed E-state index contributed by atoms with van der Waals surface area (Å²) in [5.41, 5.74) is 10.5. The maximum Gasteiger partial charge on any atom is 0.0708 e. The van der Waals surface area contributed by atoms with E-state index in [0.717, 1.165) is 6.42 Å². The fourth-order valence-electron chi connectivity index (χ4n) is 0.625. The highest BCUT2D eigenvalue weighted by Gasteiger charge is 2.45. The molecular formula is C5H10N2. The molecule has 0 aromatic rings. The molecule has 1 unspecified atom stereocenters. The Labute approximate surface area is 43.2 Å². The molecule has 0 heterocycles. The first-order valence-corrected chi connectivity index (χ1v) is 2.37. The molecule has 0 aromatic carbocycles. The molecule has 1 atom stereocenters. The van der Waals surface area contributed by atoms with Crippen molar-refractivity contribution in [1.82, 2.24) is 0 Å². The lowest BCUT2D eigenvalue weighted by atomic mass is 10.4. The van der Waals surface area contributed by atoms with Gasteiger partial charge in [-0.3, -0.25) is 0 Å². The highest BCUT2D eigenvalue weighted by molar-refractivity contribution is 5.10. The zero-order valence-electron chi connectivity index (χ0n) is 4.22. The molecule has 0 amide bonds. The third-order valence-electron chi connectivity index (χ3n) is 1.39. The zero-order valence-corrected chi connectivity index (χ0v) is 4.22. The van der Waals surface area contributed by atoms with Crippen LogP contribution in [0.3, 0.4) is 0 Å². The summed E-state index contributed by atoms with van der Waals surface area (Å²) >= 11 is 0. The zero-order chi connectivity index (χ0) is 5.49. The van der Waals surface area contributed by atoms with E-state index in [0.29, 0.717) is 5.92 Å². The molecule has 0 aliphatic heterocycles. The monoisotopic (exact) mass is 98.1 g/mol. The quantitative estimate of drug-likeness (QED) is 0.352. The van der Waals surface area contributed by atoms with Crippen molar-refractivity contribution in [2.24, 2.45) is 17.4 Å². The second-order valence-electron chi connectivity index (χ2n) is 2.16. The standard InChI is InChI=1S/C5H10N2/c1-2-4-3-5(4,6)7/h2,4H,1,3,6-7H2. The molecule has 2 heteroatoms. The fourth-order valence-corrected chi connectivity index (χ4v) is 0.625. The first-order chi connectivity index (χ1) is 3.17. The average molecular weight is 98.1 g/mol. The van der Waals surface area contributed by atoms with Gasteiger partial charge in [0.05, 0.1) is 5.66 Å². The Kier molecular flexibility index (Phi) is 0.743. The van der Waals surface area contributed by atoms with Crippen LogP contribution >= 0.6 is 0 Å². The van der Waals surface area contributed by atoms with Crippen LogP contribution in [0.25, 0.3) is 0 Å². The molecular weight excluding hydrogens is 88.1 g/mol. The van der Waals surface area contributed by atoms with E-state index in [1.54, 1.807) is 6.08 Å². The van der Waals surface area contributed by atoms with Gasteiger partial charge in [-0.25, -0.2) is 0 Å². The van der Waals surface area contributed by atoms with Crippen LogP contribution in [0.15, 0.2) is 12.7 Å². The molecule has 1 aliphatic carbocycles. The van der Waals surface area contributed by atoms with Crippen LogP contribution in [0.4, 0.5) is 0 Å². The second kappa shape index (κ2) is 1.08. The van der Waals surface area contributed by atoms with Crippen LogP contribution < -0.4 is 11.5 Å². The molecule has 0 aromatic heterocycles. The highest BCUT2D eigenvalue weighted by atomic mass is 15.0. The minimum absolute atomic E-state index is 0.368. The Morgan fingerprint density at radius 2 is 2.14 bits per heavy atom. The number of hydrogen-bond donors (Lipinski definition) is 2. The number of hydrogen-bond acceptors (Lipinski definition) is 2. The minimum Gasteiger partial charge on any atom is -0.313 e. The molecule has 7 heavy (non-hydrogen) atoms. The van der Waals surface area contributed by atoms with Crippen molar-refractivity contribution in [3.05, 3.63) is 12.7 Å². The van der Waals surface area contributed by atoms with Crippen LogP contribution in [-0.4, -0.2) is 5.66 Å². The van der Waals surface area contributed by atoms with E-state index in [4.69, 9.17) is 11.5 Å². The van der Waals surface area contributed by atoms with E-state index in [2.05, 4.69) is 6.58 Å². The molecule has 0 spiro atoms. The van der Waals surface area contributed by atoms with E-state index in [1.165, 1.54) is 0 Å². The molecule has 40 valence electrons. The Morgan fingerprint density at radius 3 is 2.14 bits per heavy atom. The van der Waals surface area contributed by atoms with Gasteiger partial charge in [-0.15, -0.1) is 6.58 Å². The summed E-state index contributed by atoms with van der Waals surface area (Å²) in [5, 5.41) is 0. The summed E-state index contributed by atoms with van der Waals surface area (Å²) in [4.78, 5) is 0. The van der Waals surface area contributed by atoms with Gasteiger partial charge in [0.1, 0.15) is 0 Å². The van der Waals surface area contributed by atoms with Crippen LogP contribution in [0.1, 0.15) is 6.42 Å². The van der Waals surface area contributed by atoms with Crippen molar-refractivity contribution >= 4 is 0 Å². The molecule has 1 aliphatic rings. The van der Waals surface area contributed by atoms with Crippen LogP contribution in [0.2, 0.25) is 0 Å². The molecule has 1 saturated carbocycles. The largest absolute Gasteiger partial charge is 0.313 e. The maximum atomic E-state index is 5.43. The summed E-state index contributed by atoms with van der Waals surface area (Å²) in [5.74, 6) is 0.368. The van der Waals surface area contributed by atoms with Gasteiger partial charge in [0.25, 0.3) is 0 Å². The van der Waals surface area contributed by atoms with Gasteiger partial charge >= 0.3 is 0 Å². The normalized spacial score (nSPS) is 34.9. The van der Waals surface area contributed by atoms with Crippen molar-refractivity contribution in [2.45, 2.75) is 12.1 Å². The highest BCUT2D eigenvalue weighted by Crippen LogP contribution is 2.36. The van der Waals surface area contributed by atoms with Crippen molar-refractivity contribution in [3.63, 3.8) is 0 Å². The topological polar surface area (TPSA) is 52.0 Å². The number of nitrogens with two attached hydrogens (primary N) is 2. The van der Waals surface area contributed by atoms with Crippen LogP contribution in [0, 0.1) is 5.92 Å². The molecule has 2 nitrogen and oxygen atoms in total. The van der Waals surface area contributed by atoms with Crippen molar-refractivity contribution in [2.75, 3.05) is 0 Å². The van der Waals surface area contributed by atoms with Crippen molar-refractivity contribution < 1.29 is 0 Å². The summed E-state index contributed by atoms with van der Waals surface area (Å²) in [6.07, 6.45) is 2.70. The van der Waals surface area contributed by atoms with Crippen molar-refractivity contribution in [3.8, 4) is 0 Å². The maximum absolute atomic E-state index is 5.43. The summed E-state index contributed by atoms with van der Waals surface area (Å²) in [6, 6.07) is 0. The Morgan fingerprint density at radius 1 is 1.71 bits per heavy atom. The van der Waals surface area contributed by atoms with E-state index in [-0.39, 0.29) is 0 Å². The first-order valence-electron chi connectivity index (χ1n) is 2.37. The first kappa shape index (κ1) is 4.81. The molecule has 1 rings (SSSR count). The van der Waals surface area contributed by atoms with Gasteiger partial charge in [-0.2, -0.15) is 0 Å². The van der Waals surface area contributed by atoms with Gasteiger partial charge in [0.2, 0.25) is 0 Å². The number of rotatable bonds is 1. The average Bonchev–Trinajstić information content (AvgIpc) is 2.13. The van der Waals surface area contributed by atoms with Gasteiger partial charge in [0.15, 0.2) is 0 Å². The fraction of sp³-hybridized carbons (Fsp3) is 0.600. The predicted molar refractivity (Wildman–Crippen MR) is 29.4 cm³/mol. The molecule has 0 radical (unpaired) electrons. The Balaban J connectivity index is 2.44. The third-order valence-corrected chi connectivity index (χ3v) is 1.39. The lowest BCUT2D eigenvalue weighted by Crippen LogP contribution is -2.35. The molecule has 0 bridgehead atoms. The van der Waals surface area contributed by atoms with Gasteiger partial charge in [-0.05, 0) is 6.42 Å². The SMILES string of the molecule is C=CC1CC1(N)N. The van der Waals surface area contributed by atoms with E-state index in [1.807, 2.05) is 0 Å². The molecule has 0 saturated heterocycles. The lowest BCUT2D eigenvalue weighted by Gasteiger charge is -1.95. The smallest absolute Gasteiger partial charge is 0.0708 e.